The SMILES string of the molecule is CC(C)Oc1cc(N2CCCC2C)ccc1N. The van der Waals surface area contributed by atoms with Crippen LogP contribution >= 0.6 is 0 Å². The van der Waals surface area contributed by atoms with Crippen LogP contribution in [-0.4, -0.2) is 18.7 Å². The largest absolute Gasteiger partial charge is 0.489 e. The highest BCUT2D eigenvalue weighted by Crippen LogP contribution is 2.32. The number of anilines is 2. The van der Waals surface area contributed by atoms with Crippen LogP contribution in [0.4, 0.5) is 11.4 Å². The van der Waals surface area contributed by atoms with Crippen molar-refractivity contribution < 1.29 is 4.74 Å². The fourth-order valence-electron chi connectivity index (χ4n) is 2.37. The fourth-order valence-corrected chi connectivity index (χ4v) is 2.37. The van der Waals surface area contributed by atoms with Gasteiger partial charge in [-0.2, -0.15) is 0 Å². The van der Waals surface area contributed by atoms with Gasteiger partial charge >= 0.3 is 0 Å². The zero-order valence-corrected chi connectivity index (χ0v) is 10.9. The summed E-state index contributed by atoms with van der Waals surface area (Å²) in [7, 11) is 0. The van der Waals surface area contributed by atoms with E-state index >= 15 is 0 Å². The normalized spacial score (nSPS) is 20.0. The first kappa shape index (κ1) is 12.1. The molecule has 1 heterocycles. The lowest BCUT2D eigenvalue weighted by atomic mass is 10.2. The van der Waals surface area contributed by atoms with E-state index in [4.69, 9.17) is 10.5 Å². The lowest BCUT2D eigenvalue weighted by molar-refractivity contribution is 0.244. The number of nitrogens with zero attached hydrogens (tertiary/aromatic N) is 1. The van der Waals surface area contributed by atoms with E-state index in [1.54, 1.807) is 0 Å². The summed E-state index contributed by atoms with van der Waals surface area (Å²) in [5.41, 5.74) is 7.87. The zero-order valence-electron chi connectivity index (χ0n) is 10.9. The van der Waals surface area contributed by atoms with Crippen molar-refractivity contribution in [3.8, 4) is 5.75 Å². The fraction of sp³-hybridized carbons (Fsp3) is 0.571. The van der Waals surface area contributed by atoms with E-state index in [2.05, 4.69) is 24.0 Å². The second-order valence-electron chi connectivity index (χ2n) is 5.07. The molecule has 17 heavy (non-hydrogen) atoms. The lowest BCUT2D eigenvalue weighted by Gasteiger charge is -2.25. The second-order valence-corrected chi connectivity index (χ2v) is 5.07. The Bertz CT molecular complexity index is 390. The molecule has 0 spiro atoms. The summed E-state index contributed by atoms with van der Waals surface area (Å²) in [6.45, 7) is 7.44. The Kier molecular flexibility index (Phi) is 3.46. The van der Waals surface area contributed by atoms with Crippen molar-refractivity contribution in [2.24, 2.45) is 0 Å². The van der Waals surface area contributed by atoms with Crippen LogP contribution in [0.25, 0.3) is 0 Å². The summed E-state index contributed by atoms with van der Waals surface area (Å²) in [4.78, 5) is 2.42. The van der Waals surface area contributed by atoms with E-state index in [1.807, 2.05) is 19.9 Å². The number of ether oxygens (including phenoxy) is 1. The third-order valence-corrected chi connectivity index (χ3v) is 3.24. The Morgan fingerprint density at radius 1 is 1.41 bits per heavy atom. The predicted molar refractivity (Wildman–Crippen MR) is 72.7 cm³/mol. The Balaban J connectivity index is 2.24. The minimum Gasteiger partial charge on any atom is -0.489 e. The Morgan fingerprint density at radius 2 is 2.18 bits per heavy atom. The number of nitrogen functional groups attached to an aromatic ring is 1. The Hall–Kier alpha value is -1.38. The third kappa shape index (κ3) is 2.65. The van der Waals surface area contributed by atoms with E-state index in [1.165, 1.54) is 18.5 Å². The van der Waals surface area contributed by atoms with Crippen LogP contribution < -0.4 is 15.4 Å². The van der Waals surface area contributed by atoms with Crippen LogP contribution in [0.1, 0.15) is 33.6 Å². The molecule has 1 atom stereocenters. The van der Waals surface area contributed by atoms with Crippen LogP contribution in [0.2, 0.25) is 0 Å². The van der Waals surface area contributed by atoms with Gasteiger partial charge in [0.05, 0.1) is 11.8 Å². The van der Waals surface area contributed by atoms with Gasteiger partial charge in [0.15, 0.2) is 0 Å². The number of hydrogen-bond acceptors (Lipinski definition) is 3. The van der Waals surface area contributed by atoms with Crippen molar-refractivity contribution in [2.75, 3.05) is 17.2 Å². The van der Waals surface area contributed by atoms with Crippen LogP contribution in [-0.2, 0) is 0 Å². The molecule has 1 aliphatic rings. The molecule has 1 aromatic rings. The summed E-state index contributed by atoms with van der Waals surface area (Å²) in [6.07, 6.45) is 2.69. The molecule has 1 unspecified atom stereocenters. The summed E-state index contributed by atoms with van der Waals surface area (Å²) < 4.78 is 5.73. The van der Waals surface area contributed by atoms with Crippen molar-refractivity contribution in [2.45, 2.75) is 45.8 Å². The molecule has 0 aromatic heterocycles. The molecule has 3 heteroatoms. The molecule has 1 aliphatic heterocycles. The first-order chi connectivity index (χ1) is 8.08. The summed E-state index contributed by atoms with van der Waals surface area (Å²) in [5, 5.41) is 0. The van der Waals surface area contributed by atoms with Crippen LogP contribution in [0.5, 0.6) is 5.75 Å². The molecule has 1 saturated heterocycles. The second kappa shape index (κ2) is 4.86. The number of hydrogen-bond donors (Lipinski definition) is 1. The van der Waals surface area contributed by atoms with Gasteiger partial charge in [0.2, 0.25) is 0 Å². The van der Waals surface area contributed by atoms with Crippen LogP contribution in [0.15, 0.2) is 18.2 Å². The third-order valence-electron chi connectivity index (χ3n) is 3.24. The van der Waals surface area contributed by atoms with Gasteiger partial charge in [-0.25, -0.2) is 0 Å². The van der Waals surface area contributed by atoms with Crippen molar-refractivity contribution in [1.82, 2.24) is 0 Å². The molecule has 0 saturated carbocycles. The Morgan fingerprint density at radius 3 is 2.76 bits per heavy atom. The van der Waals surface area contributed by atoms with Gasteiger partial charge in [0, 0.05) is 24.3 Å². The van der Waals surface area contributed by atoms with Gasteiger partial charge in [-0.15, -0.1) is 0 Å². The molecular formula is C14H22N2O. The quantitative estimate of drug-likeness (QED) is 0.817. The maximum Gasteiger partial charge on any atom is 0.144 e. The van der Waals surface area contributed by atoms with Crippen LogP contribution in [0.3, 0.4) is 0 Å². The molecule has 0 radical (unpaired) electrons. The number of rotatable bonds is 3. The molecule has 1 fully saturated rings. The highest BCUT2D eigenvalue weighted by molar-refractivity contribution is 5.63. The van der Waals surface area contributed by atoms with Crippen molar-refractivity contribution in [1.29, 1.82) is 0 Å². The van der Waals surface area contributed by atoms with Gasteiger partial charge in [-0.3, -0.25) is 0 Å². The molecular weight excluding hydrogens is 212 g/mol. The molecule has 2 rings (SSSR count). The average molecular weight is 234 g/mol. The van der Waals surface area contributed by atoms with E-state index in [-0.39, 0.29) is 6.10 Å². The Labute approximate surface area is 104 Å². The maximum absolute atomic E-state index is 5.93. The standard InChI is InChI=1S/C14H22N2O/c1-10(2)17-14-9-12(6-7-13(14)15)16-8-4-5-11(16)3/h6-7,9-11H,4-5,8,15H2,1-3H3. The van der Waals surface area contributed by atoms with Gasteiger partial charge in [-0.1, -0.05) is 0 Å². The zero-order chi connectivity index (χ0) is 12.4. The van der Waals surface area contributed by atoms with E-state index in [0.29, 0.717) is 11.7 Å². The molecule has 3 nitrogen and oxygen atoms in total. The number of nitrogens with two attached hydrogens (primary N) is 1. The average Bonchev–Trinajstić information content (AvgIpc) is 2.67. The molecule has 94 valence electrons. The minimum absolute atomic E-state index is 0.156. The summed E-state index contributed by atoms with van der Waals surface area (Å²) in [5.74, 6) is 0.802. The highest BCUT2D eigenvalue weighted by atomic mass is 16.5. The highest BCUT2D eigenvalue weighted by Gasteiger charge is 2.21. The van der Waals surface area contributed by atoms with Crippen molar-refractivity contribution in [3.63, 3.8) is 0 Å². The van der Waals surface area contributed by atoms with Crippen molar-refractivity contribution >= 4 is 11.4 Å². The first-order valence-corrected chi connectivity index (χ1v) is 6.40. The maximum atomic E-state index is 5.93. The van der Waals surface area contributed by atoms with E-state index in [0.717, 1.165) is 12.3 Å². The monoisotopic (exact) mass is 234 g/mol. The van der Waals surface area contributed by atoms with Gasteiger partial charge in [0.25, 0.3) is 0 Å². The molecule has 0 bridgehead atoms. The van der Waals surface area contributed by atoms with E-state index in [9.17, 15) is 0 Å². The molecule has 2 N–H and O–H groups in total. The van der Waals surface area contributed by atoms with Gasteiger partial charge in [-0.05, 0) is 45.7 Å². The van der Waals surface area contributed by atoms with E-state index < -0.39 is 0 Å². The topological polar surface area (TPSA) is 38.5 Å². The smallest absolute Gasteiger partial charge is 0.144 e. The first-order valence-electron chi connectivity index (χ1n) is 6.40. The van der Waals surface area contributed by atoms with Crippen LogP contribution in [0, 0.1) is 0 Å². The lowest BCUT2D eigenvalue weighted by Crippen LogP contribution is -2.26. The molecule has 1 aromatic carbocycles. The van der Waals surface area contributed by atoms with Gasteiger partial charge < -0.3 is 15.4 Å². The number of benzene rings is 1. The predicted octanol–water partition coefficient (Wildman–Crippen LogP) is 3.04. The molecule has 0 aliphatic carbocycles. The van der Waals surface area contributed by atoms with Crippen molar-refractivity contribution in [3.05, 3.63) is 18.2 Å². The molecule has 0 amide bonds. The summed E-state index contributed by atoms with van der Waals surface area (Å²) in [6, 6.07) is 6.71. The minimum atomic E-state index is 0.156. The van der Waals surface area contributed by atoms with Gasteiger partial charge in [0.1, 0.15) is 5.75 Å². The summed E-state index contributed by atoms with van der Waals surface area (Å²) >= 11 is 0.